The van der Waals surface area contributed by atoms with E-state index in [2.05, 4.69) is 5.32 Å². The van der Waals surface area contributed by atoms with Gasteiger partial charge in [0.1, 0.15) is 21.9 Å². The van der Waals surface area contributed by atoms with Gasteiger partial charge in [0.2, 0.25) is 0 Å². The third kappa shape index (κ3) is 4.72. The SMILES string of the molecule is COc1cc(C=c2sc(=CC(=O)Nc3ccccc3OC)n(C)c2=O)cc(OC)c1. The Morgan fingerprint density at radius 1 is 1.03 bits per heavy atom. The lowest BCUT2D eigenvalue weighted by molar-refractivity contribution is -0.110. The molecule has 1 heterocycles. The molecule has 0 aliphatic heterocycles. The molecule has 156 valence electrons. The summed E-state index contributed by atoms with van der Waals surface area (Å²) >= 11 is 1.22. The Bertz CT molecular complexity index is 1220. The molecule has 8 heteroatoms. The van der Waals surface area contributed by atoms with Gasteiger partial charge in [-0.15, -0.1) is 11.3 Å². The highest BCUT2D eigenvalue weighted by molar-refractivity contribution is 7.07. The van der Waals surface area contributed by atoms with Crippen molar-refractivity contribution in [1.29, 1.82) is 0 Å². The molecule has 1 amide bonds. The molecular formula is C22H22N2O5S. The van der Waals surface area contributed by atoms with Crippen LogP contribution in [0.5, 0.6) is 17.2 Å². The Labute approximate surface area is 177 Å². The van der Waals surface area contributed by atoms with Crippen LogP contribution >= 0.6 is 11.3 Å². The number of aromatic nitrogens is 1. The van der Waals surface area contributed by atoms with Crippen molar-refractivity contribution in [1.82, 2.24) is 4.57 Å². The molecule has 7 nitrogen and oxygen atoms in total. The molecule has 0 radical (unpaired) electrons. The van der Waals surface area contributed by atoms with Gasteiger partial charge in [-0.25, -0.2) is 0 Å². The highest BCUT2D eigenvalue weighted by atomic mass is 32.1. The van der Waals surface area contributed by atoms with Gasteiger partial charge in [0.15, 0.2) is 0 Å². The van der Waals surface area contributed by atoms with Crippen LogP contribution in [0.25, 0.3) is 12.2 Å². The van der Waals surface area contributed by atoms with Crippen molar-refractivity contribution < 1.29 is 19.0 Å². The molecule has 2 aromatic carbocycles. The van der Waals surface area contributed by atoms with Gasteiger partial charge in [0.05, 0.1) is 31.5 Å². The number of nitrogens with zero attached hydrogens (tertiary/aromatic N) is 1. The maximum Gasteiger partial charge on any atom is 0.268 e. The van der Waals surface area contributed by atoms with Crippen molar-refractivity contribution >= 4 is 35.1 Å². The lowest BCUT2D eigenvalue weighted by Crippen LogP contribution is -2.29. The summed E-state index contributed by atoms with van der Waals surface area (Å²) in [6.07, 6.45) is 3.13. The number of thiazole rings is 1. The van der Waals surface area contributed by atoms with Crippen LogP contribution in [-0.4, -0.2) is 31.8 Å². The predicted octanol–water partition coefficient (Wildman–Crippen LogP) is 1.72. The summed E-state index contributed by atoms with van der Waals surface area (Å²) in [4.78, 5) is 25.1. The fourth-order valence-electron chi connectivity index (χ4n) is 2.80. The molecule has 0 fully saturated rings. The number of hydrogen-bond donors (Lipinski definition) is 1. The van der Waals surface area contributed by atoms with Gasteiger partial charge < -0.3 is 24.1 Å². The zero-order valence-electron chi connectivity index (χ0n) is 17.1. The van der Waals surface area contributed by atoms with Crippen LogP contribution in [0.15, 0.2) is 47.3 Å². The molecule has 0 aliphatic rings. The molecule has 30 heavy (non-hydrogen) atoms. The first-order valence-electron chi connectivity index (χ1n) is 9.01. The van der Waals surface area contributed by atoms with E-state index in [1.54, 1.807) is 63.7 Å². The Morgan fingerprint density at radius 3 is 2.33 bits per heavy atom. The molecule has 3 rings (SSSR count). The van der Waals surface area contributed by atoms with Gasteiger partial charge in [0, 0.05) is 19.2 Å². The van der Waals surface area contributed by atoms with Gasteiger partial charge in [-0.1, -0.05) is 12.1 Å². The topological polar surface area (TPSA) is 78.8 Å². The fraction of sp³-hybridized carbons (Fsp3) is 0.182. The van der Waals surface area contributed by atoms with E-state index in [0.717, 1.165) is 5.56 Å². The van der Waals surface area contributed by atoms with E-state index in [-0.39, 0.29) is 11.5 Å². The minimum Gasteiger partial charge on any atom is -0.497 e. The highest BCUT2D eigenvalue weighted by Crippen LogP contribution is 2.23. The van der Waals surface area contributed by atoms with Crippen LogP contribution in [0.4, 0.5) is 5.69 Å². The van der Waals surface area contributed by atoms with E-state index in [9.17, 15) is 9.59 Å². The number of amides is 1. The number of anilines is 1. The minimum atomic E-state index is -0.356. The van der Waals surface area contributed by atoms with Crippen LogP contribution in [-0.2, 0) is 11.8 Å². The minimum absolute atomic E-state index is 0.196. The summed E-state index contributed by atoms with van der Waals surface area (Å²) in [7, 11) is 6.30. The first kappa shape index (κ1) is 21.2. The van der Waals surface area contributed by atoms with Crippen molar-refractivity contribution in [2.75, 3.05) is 26.6 Å². The van der Waals surface area contributed by atoms with Crippen LogP contribution in [0.3, 0.4) is 0 Å². The summed E-state index contributed by atoms with van der Waals surface area (Å²) in [5.74, 6) is 1.44. The van der Waals surface area contributed by atoms with Crippen molar-refractivity contribution in [3.05, 3.63) is 67.6 Å². The number of methoxy groups -OCH3 is 3. The molecule has 0 saturated carbocycles. The van der Waals surface area contributed by atoms with Crippen LogP contribution < -0.4 is 34.3 Å². The molecule has 1 aromatic heterocycles. The number of carbonyl (C=O) groups excluding carboxylic acids is 1. The first-order valence-corrected chi connectivity index (χ1v) is 9.83. The molecule has 0 bridgehead atoms. The molecule has 0 aliphatic carbocycles. The average Bonchev–Trinajstić information content (AvgIpc) is 3.01. The smallest absolute Gasteiger partial charge is 0.268 e. The van der Waals surface area contributed by atoms with Gasteiger partial charge in [-0.3, -0.25) is 9.59 Å². The molecule has 0 atom stereocenters. The summed E-state index contributed by atoms with van der Waals surface area (Å²) in [5, 5.41) is 2.77. The zero-order chi connectivity index (χ0) is 21.7. The second kappa shape index (κ2) is 9.32. The normalized spacial score (nSPS) is 12.0. The van der Waals surface area contributed by atoms with E-state index in [1.165, 1.54) is 29.1 Å². The zero-order valence-corrected chi connectivity index (χ0v) is 17.9. The fourth-order valence-corrected chi connectivity index (χ4v) is 3.83. The van der Waals surface area contributed by atoms with Crippen molar-refractivity contribution in [3.63, 3.8) is 0 Å². The van der Waals surface area contributed by atoms with Crippen LogP contribution in [0.2, 0.25) is 0 Å². The Morgan fingerprint density at radius 2 is 1.70 bits per heavy atom. The third-order valence-electron chi connectivity index (χ3n) is 4.35. The predicted molar refractivity (Wildman–Crippen MR) is 118 cm³/mol. The largest absolute Gasteiger partial charge is 0.497 e. The average molecular weight is 426 g/mol. The van der Waals surface area contributed by atoms with E-state index >= 15 is 0 Å². The monoisotopic (exact) mass is 426 g/mol. The lowest BCUT2D eigenvalue weighted by atomic mass is 10.2. The summed E-state index contributed by atoms with van der Waals surface area (Å²) in [5.41, 5.74) is 1.12. The van der Waals surface area contributed by atoms with E-state index in [0.29, 0.717) is 32.1 Å². The van der Waals surface area contributed by atoms with E-state index in [1.807, 2.05) is 6.07 Å². The summed E-state index contributed by atoms with van der Waals surface area (Å²) < 4.78 is 18.2. The first-order chi connectivity index (χ1) is 14.4. The molecule has 3 aromatic rings. The van der Waals surface area contributed by atoms with E-state index in [4.69, 9.17) is 14.2 Å². The Hall–Kier alpha value is -3.52. The second-order valence-corrected chi connectivity index (χ2v) is 7.36. The Kier molecular flexibility index (Phi) is 6.58. The van der Waals surface area contributed by atoms with Crippen molar-refractivity contribution in [3.8, 4) is 17.2 Å². The van der Waals surface area contributed by atoms with Crippen LogP contribution in [0, 0.1) is 0 Å². The maximum absolute atomic E-state index is 12.7. The molecule has 0 spiro atoms. The Balaban J connectivity index is 1.98. The van der Waals surface area contributed by atoms with Gasteiger partial charge >= 0.3 is 0 Å². The second-order valence-electron chi connectivity index (χ2n) is 6.29. The highest BCUT2D eigenvalue weighted by Gasteiger charge is 2.07. The summed E-state index contributed by atoms with van der Waals surface area (Å²) in [6, 6.07) is 12.5. The van der Waals surface area contributed by atoms with Crippen molar-refractivity contribution in [2.45, 2.75) is 0 Å². The number of para-hydroxylation sites is 2. The molecule has 0 unspecified atom stereocenters. The quantitative estimate of drug-likeness (QED) is 0.649. The third-order valence-corrected chi connectivity index (χ3v) is 5.46. The molecule has 0 saturated heterocycles. The maximum atomic E-state index is 12.7. The van der Waals surface area contributed by atoms with Crippen molar-refractivity contribution in [2.24, 2.45) is 7.05 Å². The number of nitrogens with one attached hydrogen (secondary N) is 1. The number of ether oxygens (including phenoxy) is 3. The number of benzene rings is 2. The lowest BCUT2D eigenvalue weighted by Gasteiger charge is -2.07. The van der Waals surface area contributed by atoms with Crippen LogP contribution in [0.1, 0.15) is 5.56 Å². The van der Waals surface area contributed by atoms with Gasteiger partial charge in [-0.2, -0.15) is 0 Å². The van der Waals surface area contributed by atoms with Gasteiger partial charge in [0.25, 0.3) is 11.5 Å². The van der Waals surface area contributed by atoms with E-state index < -0.39 is 0 Å². The molecule has 1 N–H and O–H groups in total. The standard InChI is InChI=1S/C22H22N2O5S/c1-24-21(13-20(25)23-17-7-5-6-8-18(17)29-4)30-19(22(24)26)11-14-9-15(27-2)12-16(10-14)28-3/h5-13H,1-4H3,(H,23,25). The number of hydrogen-bond acceptors (Lipinski definition) is 6. The molecular weight excluding hydrogens is 404 g/mol. The number of carbonyl (C=O) groups is 1. The number of rotatable bonds is 6. The summed E-state index contributed by atoms with van der Waals surface area (Å²) in [6.45, 7) is 0. The van der Waals surface area contributed by atoms with Gasteiger partial charge in [-0.05, 0) is 35.9 Å².